The predicted octanol–water partition coefficient (Wildman–Crippen LogP) is 5.61. The fourth-order valence-corrected chi connectivity index (χ4v) is 10.4. The summed E-state index contributed by atoms with van der Waals surface area (Å²) in [6.07, 6.45) is 11.8. The van der Waals surface area contributed by atoms with Crippen LogP contribution < -0.4 is 0 Å². The summed E-state index contributed by atoms with van der Waals surface area (Å²) >= 11 is 0. The van der Waals surface area contributed by atoms with Crippen molar-refractivity contribution in [3.63, 3.8) is 0 Å². The van der Waals surface area contributed by atoms with Crippen molar-refractivity contribution in [3.8, 4) is 6.07 Å². The van der Waals surface area contributed by atoms with E-state index < -0.39 is 5.95 Å². The van der Waals surface area contributed by atoms with Gasteiger partial charge in [0.05, 0.1) is 6.20 Å². The molecule has 32 heavy (non-hydrogen) atoms. The Balaban J connectivity index is 1.28. The van der Waals surface area contributed by atoms with Crippen molar-refractivity contribution >= 4 is 5.78 Å². The predicted molar refractivity (Wildman–Crippen MR) is 119 cm³/mol. The van der Waals surface area contributed by atoms with E-state index in [1.165, 1.54) is 51.1 Å². The van der Waals surface area contributed by atoms with Crippen LogP contribution in [-0.2, 0) is 11.3 Å². The molecular formula is C27H36FN3O. The summed E-state index contributed by atoms with van der Waals surface area (Å²) in [7, 11) is 0. The van der Waals surface area contributed by atoms with E-state index in [1.807, 2.05) is 6.07 Å². The minimum Gasteiger partial charge on any atom is -0.297 e. The molecule has 6 aliphatic rings. The fourth-order valence-electron chi connectivity index (χ4n) is 10.4. The van der Waals surface area contributed by atoms with E-state index in [4.69, 9.17) is 5.26 Å². The molecule has 0 N–H and O–H groups in total. The number of halogens is 1. The lowest BCUT2D eigenvalue weighted by molar-refractivity contribution is -0.170. The number of rotatable bonds is 3. The summed E-state index contributed by atoms with van der Waals surface area (Å²) in [5, 5.41) is 13.0. The standard InChI is InChI=1S/C27H36FN3O/c1-15-4-6-19-17(10-15)5-7-22-20(19)8-9-26(3)24(21-11-27(22,26)16(21)2)23(32)14-31-25(28)18(12-29)13-30-31/h13,15-17,19-22,24H,4-11,14H2,1-3H3/t15-,16+,17+,19-,20+,21+,22+,24+,26+,27?/m0/s1. The molecule has 1 unspecified atom stereocenters. The first-order valence-corrected chi connectivity index (χ1v) is 13.0. The van der Waals surface area contributed by atoms with Crippen LogP contribution in [0.5, 0.6) is 0 Å². The van der Waals surface area contributed by atoms with E-state index in [1.54, 1.807) is 0 Å². The van der Waals surface area contributed by atoms with Gasteiger partial charge in [-0.25, -0.2) is 4.68 Å². The molecule has 1 aromatic rings. The molecule has 2 bridgehead atoms. The van der Waals surface area contributed by atoms with Gasteiger partial charge in [0.25, 0.3) is 0 Å². The van der Waals surface area contributed by atoms with Crippen molar-refractivity contribution in [2.75, 3.05) is 0 Å². The molecule has 1 heterocycles. The fraction of sp³-hybridized carbons (Fsp3) is 0.815. The van der Waals surface area contributed by atoms with Crippen molar-refractivity contribution < 1.29 is 9.18 Å². The lowest BCUT2D eigenvalue weighted by Gasteiger charge is -2.65. The third-order valence-corrected chi connectivity index (χ3v) is 11.6. The third kappa shape index (κ3) is 2.42. The molecule has 1 aromatic heterocycles. The Labute approximate surface area is 190 Å². The Hall–Kier alpha value is -1.70. The topological polar surface area (TPSA) is 58.7 Å². The average Bonchev–Trinajstić information content (AvgIpc) is 3.34. The summed E-state index contributed by atoms with van der Waals surface area (Å²) in [6, 6.07) is 1.82. The van der Waals surface area contributed by atoms with E-state index in [2.05, 4.69) is 25.9 Å². The number of Topliss-reactive ketones (excluding diaryl/α,β-unsaturated/α-hetero) is 1. The number of nitrogens with zero attached hydrogens (tertiary/aromatic N) is 3. The van der Waals surface area contributed by atoms with Gasteiger partial charge in [-0.15, -0.1) is 0 Å². The number of fused-ring (bicyclic) bond motifs is 3. The van der Waals surface area contributed by atoms with Crippen LogP contribution in [0.15, 0.2) is 6.20 Å². The number of carbonyl (C=O) groups is 1. The molecule has 7 rings (SSSR count). The molecular weight excluding hydrogens is 401 g/mol. The molecule has 0 saturated heterocycles. The zero-order chi connectivity index (χ0) is 22.4. The molecule has 0 radical (unpaired) electrons. The second-order valence-electron chi connectivity index (χ2n) is 12.4. The second kappa shape index (κ2) is 6.90. The molecule has 6 aliphatic carbocycles. The van der Waals surface area contributed by atoms with Crippen LogP contribution in [0.4, 0.5) is 4.39 Å². The minimum atomic E-state index is -0.673. The van der Waals surface area contributed by atoms with E-state index in [9.17, 15) is 9.18 Å². The molecule has 172 valence electrons. The Kier molecular flexibility index (Phi) is 4.50. The van der Waals surface area contributed by atoms with E-state index in [0.29, 0.717) is 17.3 Å². The van der Waals surface area contributed by atoms with Gasteiger partial charge in [-0.1, -0.05) is 27.2 Å². The molecule has 6 saturated carbocycles. The van der Waals surface area contributed by atoms with Crippen LogP contribution in [0, 0.1) is 75.5 Å². The molecule has 0 amide bonds. The van der Waals surface area contributed by atoms with Crippen LogP contribution in [-0.4, -0.2) is 15.6 Å². The Morgan fingerprint density at radius 1 is 1.22 bits per heavy atom. The van der Waals surface area contributed by atoms with Crippen molar-refractivity contribution in [1.29, 1.82) is 5.26 Å². The molecule has 6 fully saturated rings. The van der Waals surface area contributed by atoms with E-state index in [0.717, 1.165) is 40.7 Å². The van der Waals surface area contributed by atoms with Crippen molar-refractivity contribution in [1.82, 2.24) is 9.78 Å². The van der Waals surface area contributed by atoms with E-state index in [-0.39, 0.29) is 29.2 Å². The highest BCUT2D eigenvalue weighted by atomic mass is 19.1. The summed E-state index contributed by atoms with van der Waals surface area (Å²) < 4.78 is 15.5. The highest BCUT2D eigenvalue weighted by Gasteiger charge is 2.78. The van der Waals surface area contributed by atoms with Gasteiger partial charge in [-0.3, -0.25) is 4.79 Å². The normalized spacial score (nSPS) is 48.7. The third-order valence-electron chi connectivity index (χ3n) is 11.6. The van der Waals surface area contributed by atoms with Gasteiger partial charge in [0.1, 0.15) is 18.2 Å². The van der Waals surface area contributed by atoms with Gasteiger partial charge < -0.3 is 0 Å². The summed E-state index contributed by atoms with van der Waals surface area (Å²) in [5.41, 5.74) is 0.255. The lowest BCUT2D eigenvalue weighted by atomic mass is 9.39. The highest BCUT2D eigenvalue weighted by Crippen LogP contribution is 2.83. The summed E-state index contributed by atoms with van der Waals surface area (Å²) in [4.78, 5) is 13.6. The minimum absolute atomic E-state index is 0.0108. The quantitative estimate of drug-likeness (QED) is 0.617. The number of ketones is 1. The first-order chi connectivity index (χ1) is 15.3. The van der Waals surface area contributed by atoms with Gasteiger partial charge in [-0.2, -0.15) is 14.8 Å². The lowest BCUT2D eigenvalue weighted by Crippen LogP contribution is -2.59. The smallest absolute Gasteiger partial charge is 0.229 e. The largest absolute Gasteiger partial charge is 0.297 e. The molecule has 0 aliphatic heterocycles. The van der Waals surface area contributed by atoms with Gasteiger partial charge in [0.2, 0.25) is 5.95 Å². The maximum atomic E-state index is 14.4. The zero-order valence-electron chi connectivity index (χ0n) is 19.7. The maximum absolute atomic E-state index is 14.4. The van der Waals surface area contributed by atoms with Crippen molar-refractivity contribution in [2.45, 2.75) is 78.7 Å². The molecule has 5 heteroatoms. The van der Waals surface area contributed by atoms with Crippen LogP contribution in [0.3, 0.4) is 0 Å². The van der Waals surface area contributed by atoms with E-state index >= 15 is 0 Å². The number of nitriles is 1. The number of carbonyl (C=O) groups excluding carboxylic acids is 1. The van der Waals surface area contributed by atoms with Crippen LogP contribution in [0.2, 0.25) is 0 Å². The maximum Gasteiger partial charge on any atom is 0.229 e. The summed E-state index contributed by atoms with van der Waals surface area (Å²) in [6.45, 7) is 7.22. The Bertz CT molecular complexity index is 996. The Morgan fingerprint density at radius 3 is 2.75 bits per heavy atom. The number of hydrogen-bond acceptors (Lipinski definition) is 3. The zero-order valence-corrected chi connectivity index (χ0v) is 19.7. The molecule has 1 spiro atoms. The van der Waals surface area contributed by atoms with Gasteiger partial charge in [-0.05, 0) is 97.2 Å². The van der Waals surface area contributed by atoms with Crippen molar-refractivity contribution in [3.05, 3.63) is 17.7 Å². The highest BCUT2D eigenvalue weighted by molar-refractivity contribution is 5.83. The SMILES string of the molecule is C[C@H]1CC[C@H]2[C@H](CC[C@@H]3[C@@H]2CC[C@]2(C)[C@@H](C(=O)Cn4ncc(C#N)c4F)[C@@H]4CC32[C@@H]4C)C1. The molecule has 4 nitrogen and oxygen atoms in total. The average molecular weight is 438 g/mol. The second-order valence-corrected chi connectivity index (χ2v) is 12.4. The first kappa shape index (κ1) is 20.9. The monoisotopic (exact) mass is 437 g/mol. The van der Waals surface area contributed by atoms with Crippen LogP contribution in [0.1, 0.15) is 77.7 Å². The number of aromatic nitrogens is 2. The number of hydrogen-bond donors (Lipinski definition) is 0. The Morgan fingerprint density at radius 2 is 2.03 bits per heavy atom. The first-order valence-electron chi connectivity index (χ1n) is 13.0. The van der Waals surface area contributed by atoms with Gasteiger partial charge in [0.15, 0.2) is 5.78 Å². The molecule has 0 aromatic carbocycles. The summed E-state index contributed by atoms with van der Waals surface area (Å²) in [5.74, 6) is 4.85. The van der Waals surface area contributed by atoms with Crippen LogP contribution >= 0.6 is 0 Å². The van der Waals surface area contributed by atoms with Gasteiger partial charge in [0, 0.05) is 5.92 Å². The molecule has 10 atom stereocenters. The van der Waals surface area contributed by atoms with Crippen molar-refractivity contribution in [2.24, 2.45) is 58.2 Å². The van der Waals surface area contributed by atoms with Gasteiger partial charge >= 0.3 is 0 Å². The van der Waals surface area contributed by atoms with Crippen LogP contribution in [0.25, 0.3) is 0 Å².